The molecule has 0 radical (unpaired) electrons. The SMILES string of the molecule is Cc1ccc(C)c(CNC(=O)c2ccc3nc[nH]c3c2)c1. The number of rotatable bonds is 3. The topological polar surface area (TPSA) is 57.8 Å². The van der Waals surface area contributed by atoms with E-state index in [1.54, 1.807) is 12.4 Å². The summed E-state index contributed by atoms with van der Waals surface area (Å²) in [5.41, 5.74) is 5.90. The summed E-state index contributed by atoms with van der Waals surface area (Å²) >= 11 is 0. The maximum absolute atomic E-state index is 12.2. The highest BCUT2D eigenvalue weighted by Gasteiger charge is 2.08. The van der Waals surface area contributed by atoms with Crippen LogP contribution in [0.15, 0.2) is 42.7 Å². The molecule has 4 nitrogen and oxygen atoms in total. The number of imidazole rings is 1. The second-order valence-corrected chi connectivity index (χ2v) is 5.25. The van der Waals surface area contributed by atoms with Gasteiger partial charge < -0.3 is 10.3 Å². The fourth-order valence-electron chi connectivity index (χ4n) is 2.35. The third-order valence-corrected chi connectivity index (χ3v) is 3.63. The number of amides is 1. The van der Waals surface area contributed by atoms with E-state index in [4.69, 9.17) is 0 Å². The molecule has 0 atom stereocenters. The fraction of sp³-hybridized carbons (Fsp3) is 0.176. The molecule has 0 spiro atoms. The quantitative estimate of drug-likeness (QED) is 0.774. The summed E-state index contributed by atoms with van der Waals surface area (Å²) in [5.74, 6) is -0.0765. The van der Waals surface area contributed by atoms with Gasteiger partial charge in [-0.1, -0.05) is 23.8 Å². The fourth-order valence-corrected chi connectivity index (χ4v) is 2.35. The van der Waals surface area contributed by atoms with Crippen molar-refractivity contribution in [3.05, 3.63) is 65.0 Å². The first-order chi connectivity index (χ1) is 10.1. The summed E-state index contributed by atoms with van der Waals surface area (Å²) in [7, 11) is 0. The molecule has 4 heteroatoms. The van der Waals surface area contributed by atoms with Gasteiger partial charge in [0, 0.05) is 12.1 Å². The lowest BCUT2D eigenvalue weighted by Crippen LogP contribution is -2.23. The minimum atomic E-state index is -0.0765. The van der Waals surface area contributed by atoms with Gasteiger partial charge in [0.05, 0.1) is 17.4 Å². The number of fused-ring (bicyclic) bond motifs is 1. The van der Waals surface area contributed by atoms with Crippen molar-refractivity contribution >= 4 is 16.9 Å². The second kappa shape index (κ2) is 5.40. The molecule has 2 aromatic carbocycles. The molecule has 3 rings (SSSR count). The van der Waals surface area contributed by atoms with Crippen LogP contribution in [0, 0.1) is 13.8 Å². The molecule has 0 bridgehead atoms. The van der Waals surface area contributed by atoms with Gasteiger partial charge in [-0.2, -0.15) is 0 Å². The van der Waals surface area contributed by atoms with Crippen molar-refractivity contribution in [3.63, 3.8) is 0 Å². The smallest absolute Gasteiger partial charge is 0.251 e. The Morgan fingerprint density at radius 3 is 2.90 bits per heavy atom. The van der Waals surface area contributed by atoms with Gasteiger partial charge in [0.1, 0.15) is 0 Å². The van der Waals surface area contributed by atoms with Gasteiger partial charge in [-0.05, 0) is 43.2 Å². The van der Waals surface area contributed by atoms with E-state index in [0.717, 1.165) is 16.6 Å². The third-order valence-electron chi connectivity index (χ3n) is 3.63. The zero-order valence-corrected chi connectivity index (χ0v) is 12.1. The number of H-pyrrole nitrogens is 1. The highest BCUT2D eigenvalue weighted by atomic mass is 16.1. The van der Waals surface area contributed by atoms with Gasteiger partial charge in [-0.15, -0.1) is 0 Å². The number of benzene rings is 2. The van der Waals surface area contributed by atoms with Crippen molar-refractivity contribution in [2.75, 3.05) is 0 Å². The molecule has 0 aliphatic rings. The number of hydrogen-bond acceptors (Lipinski definition) is 2. The normalized spacial score (nSPS) is 10.8. The summed E-state index contributed by atoms with van der Waals surface area (Å²) in [6.45, 7) is 4.64. The molecule has 21 heavy (non-hydrogen) atoms. The van der Waals surface area contributed by atoms with E-state index in [0.29, 0.717) is 12.1 Å². The molecule has 2 N–H and O–H groups in total. The Morgan fingerprint density at radius 2 is 2.05 bits per heavy atom. The van der Waals surface area contributed by atoms with Crippen molar-refractivity contribution in [2.45, 2.75) is 20.4 Å². The molecule has 0 aliphatic heterocycles. The molecule has 1 heterocycles. The molecule has 1 aromatic heterocycles. The van der Waals surface area contributed by atoms with E-state index in [-0.39, 0.29) is 5.91 Å². The predicted octanol–water partition coefficient (Wildman–Crippen LogP) is 3.11. The average molecular weight is 279 g/mol. The van der Waals surface area contributed by atoms with Crippen LogP contribution in [-0.4, -0.2) is 15.9 Å². The Labute approximate surface area is 123 Å². The molecule has 0 unspecified atom stereocenters. The van der Waals surface area contributed by atoms with Crippen LogP contribution in [0.3, 0.4) is 0 Å². The highest BCUT2D eigenvalue weighted by Crippen LogP contribution is 2.13. The Bertz CT molecular complexity index is 805. The number of nitrogens with one attached hydrogen (secondary N) is 2. The lowest BCUT2D eigenvalue weighted by atomic mass is 10.1. The zero-order chi connectivity index (χ0) is 14.8. The van der Waals surface area contributed by atoms with Gasteiger partial charge in [0.15, 0.2) is 0 Å². The lowest BCUT2D eigenvalue weighted by Gasteiger charge is -2.09. The molecule has 0 saturated carbocycles. The number of nitrogens with zero attached hydrogens (tertiary/aromatic N) is 1. The highest BCUT2D eigenvalue weighted by molar-refractivity contribution is 5.97. The second-order valence-electron chi connectivity index (χ2n) is 5.25. The molecule has 0 aliphatic carbocycles. The number of aromatic amines is 1. The summed E-state index contributed by atoms with van der Waals surface area (Å²) in [5, 5.41) is 2.97. The minimum Gasteiger partial charge on any atom is -0.348 e. The van der Waals surface area contributed by atoms with Gasteiger partial charge >= 0.3 is 0 Å². The van der Waals surface area contributed by atoms with Crippen LogP contribution in [0.4, 0.5) is 0 Å². The first-order valence-corrected chi connectivity index (χ1v) is 6.91. The summed E-state index contributed by atoms with van der Waals surface area (Å²) in [6, 6.07) is 11.7. The molecule has 3 aromatic rings. The van der Waals surface area contributed by atoms with E-state index in [1.165, 1.54) is 11.1 Å². The largest absolute Gasteiger partial charge is 0.348 e. The Hall–Kier alpha value is -2.62. The first-order valence-electron chi connectivity index (χ1n) is 6.91. The van der Waals surface area contributed by atoms with Crippen LogP contribution in [0.25, 0.3) is 11.0 Å². The molecule has 106 valence electrons. The van der Waals surface area contributed by atoms with E-state index >= 15 is 0 Å². The van der Waals surface area contributed by atoms with Crippen LogP contribution in [0.5, 0.6) is 0 Å². The van der Waals surface area contributed by atoms with E-state index < -0.39 is 0 Å². The molecule has 0 fully saturated rings. The number of hydrogen-bond donors (Lipinski definition) is 2. The van der Waals surface area contributed by atoms with Crippen LogP contribution in [0.2, 0.25) is 0 Å². The molecule has 1 amide bonds. The van der Waals surface area contributed by atoms with Crippen molar-refractivity contribution in [3.8, 4) is 0 Å². The van der Waals surface area contributed by atoms with Gasteiger partial charge in [0.25, 0.3) is 5.91 Å². The molecular formula is C17H17N3O. The van der Waals surface area contributed by atoms with Crippen molar-refractivity contribution in [2.24, 2.45) is 0 Å². The number of carbonyl (C=O) groups excluding carboxylic acids is 1. The maximum Gasteiger partial charge on any atom is 0.251 e. The van der Waals surface area contributed by atoms with E-state index in [2.05, 4.69) is 47.3 Å². The summed E-state index contributed by atoms with van der Waals surface area (Å²) in [6.07, 6.45) is 1.63. The average Bonchev–Trinajstić information content (AvgIpc) is 2.95. The van der Waals surface area contributed by atoms with Crippen LogP contribution in [0.1, 0.15) is 27.0 Å². The summed E-state index contributed by atoms with van der Waals surface area (Å²) in [4.78, 5) is 19.4. The number of aromatic nitrogens is 2. The van der Waals surface area contributed by atoms with Crippen LogP contribution < -0.4 is 5.32 Å². The standard InChI is InChI=1S/C17H17N3O/c1-11-3-4-12(2)14(7-11)9-18-17(21)13-5-6-15-16(8-13)20-10-19-15/h3-8,10H,9H2,1-2H3,(H,18,21)(H,19,20). The number of carbonyl (C=O) groups is 1. The Morgan fingerprint density at radius 1 is 1.19 bits per heavy atom. The minimum absolute atomic E-state index is 0.0765. The predicted molar refractivity (Wildman–Crippen MR) is 83.2 cm³/mol. The van der Waals surface area contributed by atoms with Crippen LogP contribution >= 0.6 is 0 Å². The van der Waals surface area contributed by atoms with Crippen molar-refractivity contribution < 1.29 is 4.79 Å². The Kier molecular flexibility index (Phi) is 3.44. The van der Waals surface area contributed by atoms with Gasteiger partial charge in [-0.3, -0.25) is 4.79 Å². The lowest BCUT2D eigenvalue weighted by molar-refractivity contribution is 0.0951. The third kappa shape index (κ3) is 2.79. The maximum atomic E-state index is 12.2. The van der Waals surface area contributed by atoms with Gasteiger partial charge in [-0.25, -0.2) is 4.98 Å². The number of aryl methyl sites for hydroxylation is 2. The van der Waals surface area contributed by atoms with Gasteiger partial charge in [0.2, 0.25) is 0 Å². The zero-order valence-electron chi connectivity index (χ0n) is 12.1. The molecular weight excluding hydrogens is 262 g/mol. The Balaban J connectivity index is 1.75. The summed E-state index contributed by atoms with van der Waals surface area (Å²) < 4.78 is 0. The van der Waals surface area contributed by atoms with E-state index in [1.807, 2.05) is 12.1 Å². The van der Waals surface area contributed by atoms with Crippen LogP contribution in [-0.2, 0) is 6.54 Å². The van der Waals surface area contributed by atoms with E-state index in [9.17, 15) is 4.79 Å². The van der Waals surface area contributed by atoms with Crippen molar-refractivity contribution in [1.82, 2.24) is 15.3 Å². The first kappa shape index (κ1) is 13.4. The van der Waals surface area contributed by atoms with Crippen molar-refractivity contribution in [1.29, 1.82) is 0 Å². The molecule has 0 saturated heterocycles. The monoisotopic (exact) mass is 279 g/mol.